The molecule has 2 amide bonds. The van der Waals surface area contributed by atoms with Crippen molar-refractivity contribution in [2.45, 2.75) is 51.4 Å². The Morgan fingerprint density at radius 1 is 1.22 bits per heavy atom. The quantitative estimate of drug-likeness (QED) is 0.589. The van der Waals surface area contributed by atoms with Crippen LogP contribution in [-0.2, 0) is 9.53 Å². The molecule has 1 N–H and O–H groups in total. The van der Waals surface area contributed by atoms with E-state index < -0.39 is 23.8 Å². The van der Waals surface area contributed by atoms with E-state index in [0.717, 1.165) is 4.68 Å². The topological polar surface area (TPSA) is 88.8 Å². The fourth-order valence-electron chi connectivity index (χ4n) is 2.39. The number of hydrogen-bond acceptors (Lipinski definition) is 5. The summed E-state index contributed by atoms with van der Waals surface area (Å²) in [6.07, 6.45) is -1.89. The number of aliphatic imine (C=N–C) groups is 1. The molecule has 1 aromatic rings. The van der Waals surface area contributed by atoms with Crippen molar-refractivity contribution in [3.05, 3.63) is 18.5 Å². The van der Waals surface area contributed by atoms with Crippen LogP contribution in [-0.4, -0.2) is 63.5 Å². The molecule has 0 saturated carbocycles. The zero-order valence-electron chi connectivity index (χ0n) is 15.3. The summed E-state index contributed by atoms with van der Waals surface area (Å²) in [4.78, 5) is 29.0. The summed E-state index contributed by atoms with van der Waals surface area (Å²) >= 11 is 0. The van der Waals surface area contributed by atoms with Gasteiger partial charge in [0, 0.05) is 25.5 Å². The monoisotopic (exact) mass is 389 g/mol. The summed E-state index contributed by atoms with van der Waals surface area (Å²) < 4.78 is 44.0. The van der Waals surface area contributed by atoms with Gasteiger partial charge in [0.15, 0.2) is 0 Å². The number of likely N-dealkylation sites (tertiary alicyclic amines) is 1. The van der Waals surface area contributed by atoms with Gasteiger partial charge >= 0.3 is 18.2 Å². The first-order valence-electron chi connectivity index (χ1n) is 8.39. The van der Waals surface area contributed by atoms with E-state index in [2.05, 4.69) is 10.1 Å². The fourth-order valence-corrected chi connectivity index (χ4v) is 2.39. The number of amides is 2. The number of ether oxygens (including phenoxy) is 1. The maximum absolute atomic E-state index is 12.6. The van der Waals surface area contributed by atoms with E-state index in [4.69, 9.17) is 4.74 Å². The van der Waals surface area contributed by atoms with Crippen molar-refractivity contribution in [1.29, 1.82) is 0 Å². The molecule has 0 aromatic carbocycles. The Balaban J connectivity index is 2.04. The third kappa shape index (κ3) is 6.26. The van der Waals surface area contributed by atoms with Crippen molar-refractivity contribution in [2.75, 3.05) is 13.1 Å². The predicted octanol–water partition coefficient (Wildman–Crippen LogP) is 2.17. The Labute approximate surface area is 154 Å². The number of nitrogens with zero attached hydrogens (tertiary/aromatic N) is 4. The molecule has 1 saturated heterocycles. The molecule has 0 bridgehead atoms. The minimum atomic E-state index is -5.03. The Hall–Kier alpha value is -2.59. The van der Waals surface area contributed by atoms with Gasteiger partial charge in [-0.05, 0) is 39.7 Å². The molecule has 8 nitrogen and oxygen atoms in total. The first-order valence-corrected chi connectivity index (χ1v) is 8.39. The standard InChI is InChI=1S/C16H22F3N5O3/c1-15(2,3)27-14(26)23-9-5-11(6-10-23)21-13(24-8-4-7-20-24)22-12(25)16(17,18)19/h4,7-8,11H,5-6,9-10H2,1-3H3,(H,21,22,25). The molecule has 2 heterocycles. The molecule has 1 aliphatic rings. The van der Waals surface area contributed by atoms with Crippen molar-refractivity contribution in [1.82, 2.24) is 20.0 Å². The van der Waals surface area contributed by atoms with Crippen molar-refractivity contribution in [3.8, 4) is 0 Å². The molecule has 150 valence electrons. The van der Waals surface area contributed by atoms with Crippen LogP contribution < -0.4 is 5.32 Å². The van der Waals surface area contributed by atoms with E-state index in [1.54, 1.807) is 26.1 Å². The lowest BCUT2D eigenvalue weighted by atomic mass is 10.1. The van der Waals surface area contributed by atoms with Crippen LogP contribution in [0, 0.1) is 0 Å². The number of alkyl halides is 3. The molecular formula is C16H22F3N5O3. The molecule has 1 aliphatic heterocycles. The van der Waals surface area contributed by atoms with E-state index in [9.17, 15) is 22.8 Å². The molecular weight excluding hydrogens is 367 g/mol. The van der Waals surface area contributed by atoms with Gasteiger partial charge in [0.1, 0.15) is 5.60 Å². The Morgan fingerprint density at radius 2 is 1.85 bits per heavy atom. The maximum atomic E-state index is 12.6. The maximum Gasteiger partial charge on any atom is 0.471 e. The first-order chi connectivity index (χ1) is 12.5. The molecule has 1 fully saturated rings. The smallest absolute Gasteiger partial charge is 0.444 e. The Kier molecular flexibility index (Phi) is 6.11. The van der Waals surface area contributed by atoms with Crippen LogP contribution in [0.25, 0.3) is 0 Å². The van der Waals surface area contributed by atoms with Crippen LogP contribution >= 0.6 is 0 Å². The number of rotatable bonds is 1. The van der Waals surface area contributed by atoms with Crippen LogP contribution in [0.5, 0.6) is 0 Å². The summed E-state index contributed by atoms with van der Waals surface area (Å²) in [5, 5.41) is 5.57. The van der Waals surface area contributed by atoms with Crippen LogP contribution in [0.1, 0.15) is 33.6 Å². The fraction of sp³-hybridized carbons (Fsp3) is 0.625. The number of halogens is 3. The minimum absolute atomic E-state index is 0.307. The van der Waals surface area contributed by atoms with Gasteiger partial charge in [0.2, 0.25) is 5.96 Å². The molecule has 0 spiro atoms. The number of carbonyl (C=O) groups excluding carboxylic acids is 2. The van der Waals surface area contributed by atoms with E-state index in [1.165, 1.54) is 23.4 Å². The highest BCUT2D eigenvalue weighted by atomic mass is 19.4. The molecule has 2 rings (SSSR count). The number of piperidine rings is 1. The summed E-state index contributed by atoms with van der Waals surface area (Å²) in [6.45, 7) is 6.00. The number of nitrogens with one attached hydrogen (secondary N) is 1. The zero-order valence-corrected chi connectivity index (χ0v) is 15.3. The first kappa shape index (κ1) is 20.7. The highest BCUT2D eigenvalue weighted by Crippen LogP contribution is 2.18. The lowest BCUT2D eigenvalue weighted by molar-refractivity contribution is -0.171. The summed E-state index contributed by atoms with van der Waals surface area (Å²) in [7, 11) is 0. The molecule has 1 aromatic heterocycles. The average molecular weight is 389 g/mol. The third-order valence-corrected chi connectivity index (χ3v) is 3.63. The van der Waals surface area contributed by atoms with E-state index in [-0.39, 0.29) is 12.0 Å². The van der Waals surface area contributed by atoms with E-state index in [1.807, 2.05) is 0 Å². The number of aromatic nitrogens is 2. The van der Waals surface area contributed by atoms with Gasteiger partial charge in [0.25, 0.3) is 0 Å². The van der Waals surface area contributed by atoms with Crippen molar-refractivity contribution < 1.29 is 27.5 Å². The third-order valence-electron chi connectivity index (χ3n) is 3.63. The normalized spacial score (nSPS) is 17.0. The van der Waals surface area contributed by atoms with E-state index >= 15 is 0 Å². The zero-order chi connectivity index (χ0) is 20.2. The highest BCUT2D eigenvalue weighted by molar-refractivity contribution is 6.00. The van der Waals surface area contributed by atoms with Gasteiger partial charge in [-0.2, -0.15) is 18.3 Å². The Bertz CT molecular complexity index is 687. The number of carbonyl (C=O) groups is 2. The van der Waals surface area contributed by atoms with Crippen molar-refractivity contribution in [2.24, 2.45) is 4.99 Å². The highest BCUT2D eigenvalue weighted by Gasteiger charge is 2.39. The van der Waals surface area contributed by atoms with Gasteiger partial charge in [-0.25, -0.2) is 14.5 Å². The van der Waals surface area contributed by atoms with Gasteiger partial charge in [-0.3, -0.25) is 10.1 Å². The molecule has 0 unspecified atom stereocenters. The summed E-state index contributed by atoms with van der Waals surface area (Å²) in [5.41, 5.74) is -0.610. The lowest BCUT2D eigenvalue weighted by Crippen LogP contribution is -2.46. The van der Waals surface area contributed by atoms with Crippen LogP contribution in [0.3, 0.4) is 0 Å². The largest absolute Gasteiger partial charge is 0.471 e. The second-order valence-corrected chi connectivity index (χ2v) is 7.05. The second kappa shape index (κ2) is 7.97. The summed E-state index contributed by atoms with van der Waals surface area (Å²) in [6, 6.07) is 1.14. The molecule has 0 aliphatic carbocycles. The van der Waals surface area contributed by atoms with Gasteiger partial charge in [-0.1, -0.05) is 0 Å². The lowest BCUT2D eigenvalue weighted by Gasteiger charge is -2.32. The second-order valence-electron chi connectivity index (χ2n) is 7.05. The minimum Gasteiger partial charge on any atom is -0.444 e. The van der Waals surface area contributed by atoms with Gasteiger partial charge in [0.05, 0.1) is 6.04 Å². The average Bonchev–Trinajstić information content (AvgIpc) is 3.06. The molecule has 27 heavy (non-hydrogen) atoms. The van der Waals surface area contributed by atoms with Gasteiger partial charge < -0.3 is 9.64 Å². The van der Waals surface area contributed by atoms with E-state index in [0.29, 0.717) is 25.9 Å². The summed E-state index contributed by atoms with van der Waals surface area (Å²) in [5.74, 6) is -2.43. The SMILES string of the molecule is CC(C)(C)OC(=O)N1CCC(N=C(NC(=O)C(F)(F)F)n2cccn2)CC1. The van der Waals surface area contributed by atoms with Crippen LogP contribution in [0.15, 0.2) is 23.5 Å². The van der Waals surface area contributed by atoms with Gasteiger partial charge in [-0.15, -0.1) is 0 Å². The van der Waals surface area contributed by atoms with Crippen LogP contribution in [0.4, 0.5) is 18.0 Å². The molecule has 0 atom stereocenters. The van der Waals surface area contributed by atoms with Crippen molar-refractivity contribution >= 4 is 18.0 Å². The van der Waals surface area contributed by atoms with Crippen LogP contribution in [0.2, 0.25) is 0 Å². The Morgan fingerprint density at radius 3 is 2.33 bits per heavy atom. The molecule has 11 heteroatoms. The predicted molar refractivity (Wildman–Crippen MR) is 90.1 cm³/mol. The van der Waals surface area contributed by atoms with Crippen molar-refractivity contribution in [3.63, 3.8) is 0 Å². The number of hydrogen-bond donors (Lipinski definition) is 1. The molecule has 0 radical (unpaired) electrons.